The van der Waals surface area contributed by atoms with Crippen molar-refractivity contribution < 1.29 is 0 Å². The van der Waals surface area contributed by atoms with Crippen LogP contribution in [0.5, 0.6) is 0 Å². The maximum atomic E-state index is 3.55. The average Bonchev–Trinajstić information content (AvgIpc) is 2.71. The van der Waals surface area contributed by atoms with Crippen molar-refractivity contribution in [1.82, 2.24) is 5.32 Å². The molecular weight excluding hydrogens is 208 g/mol. The minimum absolute atomic E-state index is 0.421. The molecule has 2 N–H and O–H groups in total. The third-order valence-corrected chi connectivity index (χ3v) is 3.30. The first-order chi connectivity index (χ1) is 8.06. The Hall–Kier alpha value is -1.02. The Morgan fingerprint density at radius 1 is 1.29 bits per heavy atom. The Balaban J connectivity index is 1.86. The fraction of sp³-hybridized carbons (Fsp3) is 0.600. The second-order valence-electron chi connectivity index (χ2n) is 6.12. The van der Waals surface area contributed by atoms with E-state index in [1.54, 1.807) is 0 Å². The van der Waals surface area contributed by atoms with Gasteiger partial charge in [0.15, 0.2) is 0 Å². The first-order valence-corrected chi connectivity index (χ1v) is 6.62. The maximum absolute atomic E-state index is 3.55. The number of hydrogen-bond donors (Lipinski definition) is 2. The Labute approximate surface area is 105 Å². The van der Waals surface area contributed by atoms with E-state index in [1.165, 1.54) is 29.7 Å². The third-order valence-electron chi connectivity index (χ3n) is 3.30. The number of nitrogens with one attached hydrogen (secondary N) is 2. The quantitative estimate of drug-likeness (QED) is 0.779. The van der Waals surface area contributed by atoms with Crippen LogP contribution < -0.4 is 10.6 Å². The molecule has 2 heteroatoms. The largest absolute Gasteiger partial charge is 0.384 e. The molecule has 2 rings (SSSR count). The molecule has 0 bridgehead atoms. The number of para-hydroxylation sites is 1. The fourth-order valence-corrected chi connectivity index (χ4v) is 2.24. The topological polar surface area (TPSA) is 24.1 Å². The molecule has 0 saturated heterocycles. The van der Waals surface area contributed by atoms with Crippen molar-refractivity contribution in [3.8, 4) is 0 Å². The molecule has 0 unspecified atom stereocenters. The lowest BCUT2D eigenvalue weighted by Gasteiger charge is -2.18. The van der Waals surface area contributed by atoms with Gasteiger partial charge < -0.3 is 10.6 Å². The van der Waals surface area contributed by atoms with E-state index in [4.69, 9.17) is 0 Å². The van der Waals surface area contributed by atoms with E-state index in [1.807, 2.05) is 0 Å². The van der Waals surface area contributed by atoms with Crippen molar-refractivity contribution in [2.24, 2.45) is 5.41 Å². The zero-order chi connectivity index (χ0) is 12.3. The van der Waals surface area contributed by atoms with Crippen LogP contribution in [0.15, 0.2) is 18.2 Å². The van der Waals surface area contributed by atoms with E-state index < -0.39 is 0 Å². The maximum Gasteiger partial charge on any atom is 0.0419 e. The third kappa shape index (κ3) is 3.47. The summed E-state index contributed by atoms with van der Waals surface area (Å²) in [7, 11) is 0. The van der Waals surface area contributed by atoms with Gasteiger partial charge in [0.2, 0.25) is 0 Å². The first kappa shape index (κ1) is 12.4. The predicted octanol–water partition coefficient (Wildman–Crippen LogP) is 3.18. The van der Waals surface area contributed by atoms with Crippen LogP contribution in [0.2, 0.25) is 0 Å². The lowest BCUT2D eigenvalue weighted by Crippen LogP contribution is -2.20. The summed E-state index contributed by atoms with van der Waals surface area (Å²) in [4.78, 5) is 0. The zero-order valence-electron chi connectivity index (χ0n) is 11.3. The summed E-state index contributed by atoms with van der Waals surface area (Å²) in [6.45, 7) is 10.0. The summed E-state index contributed by atoms with van der Waals surface area (Å²) in [6, 6.07) is 6.63. The monoisotopic (exact) mass is 232 g/mol. The van der Waals surface area contributed by atoms with Crippen molar-refractivity contribution in [2.75, 3.05) is 18.4 Å². The number of fused-ring (bicyclic) bond motifs is 1. The van der Waals surface area contributed by atoms with Gasteiger partial charge in [0, 0.05) is 18.8 Å². The summed E-state index contributed by atoms with van der Waals surface area (Å²) in [5.74, 6) is 0. The smallest absolute Gasteiger partial charge is 0.0419 e. The molecule has 1 aliphatic heterocycles. The fourth-order valence-electron chi connectivity index (χ4n) is 2.24. The van der Waals surface area contributed by atoms with E-state index in [2.05, 4.69) is 49.6 Å². The average molecular weight is 232 g/mol. The molecule has 17 heavy (non-hydrogen) atoms. The Kier molecular flexibility index (Phi) is 3.72. The van der Waals surface area contributed by atoms with Gasteiger partial charge in [-0.05, 0) is 35.9 Å². The van der Waals surface area contributed by atoms with Gasteiger partial charge in [-0.3, -0.25) is 0 Å². The highest BCUT2D eigenvalue weighted by atomic mass is 14.9. The molecule has 1 aromatic carbocycles. The minimum Gasteiger partial charge on any atom is -0.384 e. The van der Waals surface area contributed by atoms with E-state index in [-0.39, 0.29) is 0 Å². The minimum atomic E-state index is 0.421. The van der Waals surface area contributed by atoms with Crippen LogP contribution in [0.25, 0.3) is 0 Å². The standard InChI is InChI=1S/C15H24N2/c1-15(2,3)8-10-16-11-13-6-4-5-12-7-9-17-14(12)13/h4-6,16-17H,7-11H2,1-3H3. The lowest BCUT2D eigenvalue weighted by atomic mass is 9.92. The van der Waals surface area contributed by atoms with Crippen LogP contribution in [0, 0.1) is 5.41 Å². The van der Waals surface area contributed by atoms with E-state index in [0.29, 0.717) is 5.41 Å². The van der Waals surface area contributed by atoms with Crippen LogP contribution >= 0.6 is 0 Å². The SMILES string of the molecule is CC(C)(C)CCNCc1cccc2c1NCC2. The molecule has 0 aliphatic carbocycles. The molecule has 1 heterocycles. The van der Waals surface area contributed by atoms with Gasteiger partial charge in [-0.1, -0.05) is 39.0 Å². The van der Waals surface area contributed by atoms with Crippen molar-refractivity contribution in [3.05, 3.63) is 29.3 Å². The normalized spacial score (nSPS) is 14.5. The van der Waals surface area contributed by atoms with Gasteiger partial charge in [0.05, 0.1) is 0 Å². The first-order valence-electron chi connectivity index (χ1n) is 6.62. The second kappa shape index (κ2) is 5.09. The summed E-state index contributed by atoms with van der Waals surface area (Å²) in [5.41, 5.74) is 4.67. The molecule has 0 spiro atoms. The number of anilines is 1. The molecule has 1 aliphatic rings. The van der Waals surface area contributed by atoms with Gasteiger partial charge in [-0.25, -0.2) is 0 Å². The van der Waals surface area contributed by atoms with Gasteiger partial charge >= 0.3 is 0 Å². The highest BCUT2D eigenvalue weighted by Gasteiger charge is 2.13. The number of hydrogen-bond acceptors (Lipinski definition) is 2. The van der Waals surface area contributed by atoms with Crippen molar-refractivity contribution in [3.63, 3.8) is 0 Å². The Morgan fingerprint density at radius 3 is 2.88 bits per heavy atom. The van der Waals surface area contributed by atoms with Gasteiger partial charge in [0.25, 0.3) is 0 Å². The Bertz CT molecular complexity index is 377. The molecule has 2 nitrogen and oxygen atoms in total. The summed E-state index contributed by atoms with van der Waals surface area (Å²) >= 11 is 0. The van der Waals surface area contributed by atoms with E-state index in [9.17, 15) is 0 Å². The number of benzene rings is 1. The van der Waals surface area contributed by atoms with Crippen LogP contribution in [0.1, 0.15) is 38.3 Å². The second-order valence-corrected chi connectivity index (χ2v) is 6.12. The molecule has 0 aromatic heterocycles. The van der Waals surface area contributed by atoms with Gasteiger partial charge in [-0.2, -0.15) is 0 Å². The van der Waals surface area contributed by atoms with E-state index in [0.717, 1.165) is 19.6 Å². The molecule has 0 amide bonds. The summed E-state index contributed by atoms with van der Waals surface area (Å²) in [6.07, 6.45) is 2.39. The molecule has 0 radical (unpaired) electrons. The molecule has 1 aromatic rings. The van der Waals surface area contributed by atoms with E-state index >= 15 is 0 Å². The predicted molar refractivity (Wildman–Crippen MR) is 74.4 cm³/mol. The zero-order valence-corrected chi connectivity index (χ0v) is 11.3. The number of rotatable bonds is 4. The molecule has 0 atom stereocenters. The van der Waals surface area contributed by atoms with Crippen molar-refractivity contribution >= 4 is 5.69 Å². The molecular formula is C15H24N2. The van der Waals surface area contributed by atoms with Crippen LogP contribution in [-0.2, 0) is 13.0 Å². The van der Waals surface area contributed by atoms with Crippen molar-refractivity contribution in [2.45, 2.75) is 40.2 Å². The van der Waals surface area contributed by atoms with Gasteiger partial charge in [-0.15, -0.1) is 0 Å². The lowest BCUT2D eigenvalue weighted by molar-refractivity contribution is 0.367. The summed E-state index contributed by atoms with van der Waals surface area (Å²) < 4.78 is 0. The molecule has 0 fully saturated rings. The summed E-state index contributed by atoms with van der Waals surface area (Å²) in [5, 5.41) is 7.03. The van der Waals surface area contributed by atoms with Gasteiger partial charge in [0.1, 0.15) is 0 Å². The van der Waals surface area contributed by atoms with Crippen LogP contribution in [-0.4, -0.2) is 13.1 Å². The highest BCUT2D eigenvalue weighted by Crippen LogP contribution is 2.26. The van der Waals surface area contributed by atoms with Crippen molar-refractivity contribution in [1.29, 1.82) is 0 Å². The molecule has 94 valence electrons. The molecule has 0 saturated carbocycles. The van der Waals surface area contributed by atoms with Crippen LogP contribution in [0.3, 0.4) is 0 Å². The Morgan fingerprint density at radius 2 is 2.12 bits per heavy atom. The highest BCUT2D eigenvalue weighted by molar-refractivity contribution is 5.61. The van der Waals surface area contributed by atoms with Crippen LogP contribution in [0.4, 0.5) is 5.69 Å².